The average molecular weight is 564 g/mol. The zero-order valence-electron chi connectivity index (χ0n) is 23.8. The summed E-state index contributed by atoms with van der Waals surface area (Å²) in [5.41, 5.74) is 4.25. The van der Waals surface area contributed by atoms with Gasteiger partial charge in [0.25, 0.3) is 5.91 Å². The summed E-state index contributed by atoms with van der Waals surface area (Å²) in [5.74, 6) is 0.102. The van der Waals surface area contributed by atoms with Crippen LogP contribution in [0.15, 0.2) is 54.7 Å². The first kappa shape index (κ1) is 28.0. The fourth-order valence-corrected chi connectivity index (χ4v) is 5.76. The van der Waals surface area contributed by atoms with E-state index in [0.29, 0.717) is 31.7 Å². The molecule has 2 amide bonds. The topological polar surface area (TPSA) is 70.9 Å². The molecule has 5 rings (SSSR count). The summed E-state index contributed by atoms with van der Waals surface area (Å²) in [6.45, 7) is 11.6. The summed E-state index contributed by atoms with van der Waals surface area (Å²) >= 11 is 6.26. The Morgan fingerprint density at radius 3 is 2.25 bits per heavy atom. The molecule has 0 bridgehead atoms. The molecular formula is C31H38ClN5O3. The van der Waals surface area contributed by atoms with E-state index >= 15 is 0 Å². The molecule has 3 aromatic rings. The highest BCUT2D eigenvalue weighted by Crippen LogP contribution is 2.34. The van der Waals surface area contributed by atoms with Crippen LogP contribution in [0.2, 0.25) is 5.02 Å². The zero-order valence-corrected chi connectivity index (χ0v) is 24.5. The number of carbonyl (C=O) groups is 2. The summed E-state index contributed by atoms with van der Waals surface area (Å²) in [6.07, 6.45) is 2.91. The van der Waals surface area contributed by atoms with Crippen LogP contribution in [0.4, 0.5) is 10.5 Å². The van der Waals surface area contributed by atoms with E-state index in [2.05, 4.69) is 11.8 Å². The molecule has 2 aliphatic rings. The second-order valence-electron chi connectivity index (χ2n) is 11.6. The number of carbonyl (C=O) groups excluding carboxylic acids is 2. The summed E-state index contributed by atoms with van der Waals surface area (Å²) in [6, 6.07) is 15.9. The molecular weight excluding hydrogens is 526 g/mol. The summed E-state index contributed by atoms with van der Waals surface area (Å²) in [5, 5.41) is 5.42. The van der Waals surface area contributed by atoms with Gasteiger partial charge in [-0.15, -0.1) is 0 Å². The van der Waals surface area contributed by atoms with Gasteiger partial charge < -0.3 is 19.4 Å². The predicted molar refractivity (Wildman–Crippen MR) is 158 cm³/mol. The number of anilines is 1. The van der Waals surface area contributed by atoms with Crippen LogP contribution in [0.1, 0.15) is 61.1 Å². The fourth-order valence-electron chi connectivity index (χ4n) is 5.60. The Morgan fingerprint density at radius 2 is 1.60 bits per heavy atom. The van der Waals surface area contributed by atoms with E-state index in [1.807, 2.05) is 78.9 Å². The molecule has 0 aliphatic carbocycles. The van der Waals surface area contributed by atoms with E-state index < -0.39 is 5.60 Å². The van der Waals surface area contributed by atoms with Crippen molar-refractivity contribution in [1.29, 1.82) is 0 Å². The lowest BCUT2D eigenvalue weighted by Crippen LogP contribution is -2.49. The molecule has 212 valence electrons. The number of halogens is 1. The standard InChI is InChI=1S/C31H38ClN5O3/c1-22-10-11-24(32)20-27(22)34-16-18-35(19-17-34)29(38)26-21-33-37(25-8-6-5-7-9-25)28(26)23-12-14-36(15-13-23)30(39)40-31(2,3)4/h5-11,20-21,23H,12-19H2,1-4H3. The Morgan fingerprint density at radius 1 is 0.925 bits per heavy atom. The minimum atomic E-state index is -0.533. The highest BCUT2D eigenvalue weighted by molar-refractivity contribution is 6.30. The molecule has 0 saturated carbocycles. The number of para-hydroxylation sites is 1. The van der Waals surface area contributed by atoms with E-state index in [0.717, 1.165) is 48.0 Å². The number of aromatic nitrogens is 2. The third-order valence-corrected chi connectivity index (χ3v) is 7.88. The zero-order chi connectivity index (χ0) is 28.4. The Hall–Kier alpha value is -3.52. The number of hydrogen-bond acceptors (Lipinski definition) is 5. The predicted octanol–water partition coefficient (Wildman–Crippen LogP) is 5.91. The number of hydrogen-bond donors (Lipinski definition) is 0. The average Bonchev–Trinajstić information content (AvgIpc) is 3.39. The molecule has 0 radical (unpaired) electrons. The third-order valence-electron chi connectivity index (χ3n) is 7.65. The maximum Gasteiger partial charge on any atom is 0.410 e. The molecule has 0 unspecified atom stereocenters. The van der Waals surface area contributed by atoms with Crippen LogP contribution in [-0.4, -0.2) is 76.5 Å². The third kappa shape index (κ3) is 6.12. The number of amides is 2. The Kier molecular flexibility index (Phi) is 8.08. The summed E-state index contributed by atoms with van der Waals surface area (Å²) in [4.78, 5) is 32.6. The number of benzene rings is 2. The van der Waals surface area contributed by atoms with Gasteiger partial charge in [0, 0.05) is 55.9 Å². The Balaban J connectivity index is 1.35. The lowest BCUT2D eigenvalue weighted by atomic mass is 9.90. The number of piperidine rings is 1. The molecule has 2 aromatic carbocycles. The summed E-state index contributed by atoms with van der Waals surface area (Å²) in [7, 11) is 0. The van der Waals surface area contributed by atoms with Crippen molar-refractivity contribution in [2.24, 2.45) is 0 Å². The van der Waals surface area contributed by atoms with Crippen LogP contribution in [0.5, 0.6) is 0 Å². The van der Waals surface area contributed by atoms with Gasteiger partial charge in [-0.25, -0.2) is 9.48 Å². The van der Waals surface area contributed by atoms with Crippen LogP contribution in [0.3, 0.4) is 0 Å². The van der Waals surface area contributed by atoms with Crippen LogP contribution >= 0.6 is 11.6 Å². The Bertz CT molecular complexity index is 1350. The second-order valence-corrected chi connectivity index (χ2v) is 12.1. The molecule has 3 heterocycles. The summed E-state index contributed by atoms with van der Waals surface area (Å²) < 4.78 is 7.50. The number of nitrogens with zero attached hydrogens (tertiary/aromatic N) is 5. The van der Waals surface area contributed by atoms with Gasteiger partial charge in [-0.1, -0.05) is 35.9 Å². The van der Waals surface area contributed by atoms with Gasteiger partial charge in [0.2, 0.25) is 0 Å². The molecule has 0 atom stereocenters. The van der Waals surface area contributed by atoms with Crippen LogP contribution in [-0.2, 0) is 4.74 Å². The van der Waals surface area contributed by atoms with Crippen molar-refractivity contribution < 1.29 is 14.3 Å². The van der Waals surface area contributed by atoms with Gasteiger partial charge in [0.1, 0.15) is 5.60 Å². The smallest absolute Gasteiger partial charge is 0.410 e. The van der Waals surface area contributed by atoms with Crippen molar-refractivity contribution in [2.75, 3.05) is 44.2 Å². The molecule has 2 fully saturated rings. The largest absolute Gasteiger partial charge is 0.444 e. The van der Waals surface area contributed by atoms with Crippen molar-refractivity contribution in [3.8, 4) is 5.69 Å². The molecule has 40 heavy (non-hydrogen) atoms. The number of aryl methyl sites for hydroxylation is 1. The number of likely N-dealkylation sites (tertiary alicyclic amines) is 1. The van der Waals surface area contributed by atoms with Gasteiger partial charge >= 0.3 is 6.09 Å². The highest BCUT2D eigenvalue weighted by atomic mass is 35.5. The van der Waals surface area contributed by atoms with Gasteiger partial charge in [-0.05, 0) is 70.4 Å². The first-order chi connectivity index (χ1) is 19.1. The molecule has 9 heteroatoms. The highest BCUT2D eigenvalue weighted by Gasteiger charge is 2.34. The molecule has 2 aliphatic heterocycles. The maximum absolute atomic E-state index is 13.9. The normalized spacial score (nSPS) is 16.8. The molecule has 0 spiro atoms. The minimum absolute atomic E-state index is 0.00854. The minimum Gasteiger partial charge on any atom is -0.444 e. The van der Waals surface area contributed by atoms with Gasteiger partial charge in [0.15, 0.2) is 0 Å². The van der Waals surface area contributed by atoms with Gasteiger partial charge in [-0.3, -0.25) is 4.79 Å². The molecule has 8 nitrogen and oxygen atoms in total. The van der Waals surface area contributed by atoms with Crippen molar-refractivity contribution >= 4 is 29.3 Å². The van der Waals surface area contributed by atoms with Crippen molar-refractivity contribution in [1.82, 2.24) is 19.6 Å². The molecule has 0 N–H and O–H groups in total. The lowest BCUT2D eigenvalue weighted by Gasteiger charge is -2.37. The van der Waals surface area contributed by atoms with Crippen molar-refractivity contribution in [3.05, 3.63) is 76.6 Å². The van der Waals surface area contributed by atoms with Crippen LogP contribution in [0.25, 0.3) is 5.69 Å². The van der Waals surface area contributed by atoms with Crippen LogP contribution in [0, 0.1) is 6.92 Å². The van der Waals surface area contributed by atoms with E-state index in [1.165, 1.54) is 5.56 Å². The van der Waals surface area contributed by atoms with E-state index in [1.54, 1.807) is 11.1 Å². The first-order valence-electron chi connectivity index (χ1n) is 14.0. The molecule has 2 saturated heterocycles. The van der Waals surface area contributed by atoms with E-state index in [9.17, 15) is 9.59 Å². The van der Waals surface area contributed by atoms with Gasteiger partial charge in [0.05, 0.1) is 23.1 Å². The number of piperazine rings is 1. The second kappa shape index (κ2) is 11.5. The van der Waals surface area contributed by atoms with Crippen molar-refractivity contribution in [3.63, 3.8) is 0 Å². The number of ether oxygens (including phenoxy) is 1. The first-order valence-corrected chi connectivity index (χ1v) is 14.4. The van der Waals surface area contributed by atoms with E-state index in [4.69, 9.17) is 21.4 Å². The lowest BCUT2D eigenvalue weighted by molar-refractivity contribution is 0.0203. The van der Waals surface area contributed by atoms with Crippen LogP contribution < -0.4 is 4.90 Å². The SMILES string of the molecule is Cc1ccc(Cl)cc1N1CCN(C(=O)c2cnn(-c3ccccc3)c2C2CCN(C(=O)OC(C)(C)C)CC2)CC1. The van der Waals surface area contributed by atoms with E-state index in [-0.39, 0.29) is 17.9 Å². The number of rotatable bonds is 4. The monoisotopic (exact) mass is 563 g/mol. The Labute approximate surface area is 241 Å². The quantitative estimate of drug-likeness (QED) is 0.394. The van der Waals surface area contributed by atoms with Crippen molar-refractivity contribution in [2.45, 2.75) is 52.1 Å². The molecule has 1 aromatic heterocycles. The van der Waals surface area contributed by atoms with Gasteiger partial charge in [-0.2, -0.15) is 5.10 Å². The maximum atomic E-state index is 13.9. The fraction of sp³-hybridized carbons (Fsp3) is 0.452.